The first-order valence-electron chi connectivity index (χ1n) is 11.4. The number of halogens is 1. The average molecular weight is 566 g/mol. The molecule has 0 saturated heterocycles. The Balaban J connectivity index is 0.00000385. The lowest BCUT2D eigenvalue weighted by atomic mass is 10.1. The second-order valence-electron chi connectivity index (χ2n) is 8.05. The first-order valence-corrected chi connectivity index (χ1v) is 11.4. The Hall–Kier alpha value is -2.33. The number of ether oxygens (including phenoxy) is 1. The van der Waals surface area contributed by atoms with Gasteiger partial charge in [0.25, 0.3) is 0 Å². The number of rotatable bonds is 10. The Labute approximate surface area is 213 Å². The summed E-state index contributed by atoms with van der Waals surface area (Å²) in [6, 6.07) is 15.8. The van der Waals surface area contributed by atoms with Crippen molar-refractivity contribution in [3.63, 3.8) is 0 Å². The van der Waals surface area contributed by atoms with Crippen molar-refractivity contribution in [3.8, 4) is 5.75 Å². The molecule has 0 fully saturated rings. The molecule has 0 bridgehead atoms. The lowest BCUT2D eigenvalue weighted by Crippen LogP contribution is -2.38. The van der Waals surface area contributed by atoms with Crippen molar-refractivity contribution in [2.75, 3.05) is 19.6 Å². The summed E-state index contributed by atoms with van der Waals surface area (Å²) in [5.74, 6) is 2.49. The van der Waals surface area contributed by atoms with Gasteiger partial charge in [-0.15, -0.1) is 24.0 Å². The third-order valence-corrected chi connectivity index (χ3v) is 5.08. The summed E-state index contributed by atoms with van der Waals surface area (Å²) in [6.07, 6.45) is 0.332. The van der Waals surface area contributed by atoms with E-state index in [0.29, 0.717) is 5.96 Å². The van der Waals surface area contributed by atoms with Gasteiger partial charge in [0, 0.05) is 19.6 Å². The molecule has 3 rings (SSSR count). The Morgan fingerprint density at radius 1 is 1.15 bits per heavy atom. The minimum absolute atomic E-state index is 0. The van der Waals surface area contributed by atoms with E-state index in [4.69, 9.17) is 4.74 Å². The number of hydrogen-bond donors (Lipinski definition) is 3. The number of aryl methyl sites for hydroxylation is 2. The fourth-order valence-electron chi connectivity index (χ4n) is 3.61. The average Bonchev–Trinajstić information content (AvgIpc) is 3.09. The van der Waals surface area contributed by atoms with E-state index in [1.54, 1.807) is 0 Å². The molecule has 0 saturated carbocycles. The van der Waals surface area contributed by atoms with Crippen LogP contribution in [0.2, 0.25) is 0 Å². The number of aromatic nitrogens is 2. The van der Waals surface area contributed by atoms with E-state index in [1.807, 2.05) is 70.2 Å². The third-order valence-electron chi connectivity index (χ3n) is 5.08. The van der Waals surface area contributed by atoms with Crippen molar-refractivity contribution in [2.45, 2.75) is 52.9 Å². The van der Waals surface area contributed by atoms with Gasteiger partial charge in [-0.1, -0.05) is 24.3 Å². The SMILES string of the molecule is CCNC(=NCC(O)c1cccc(OC(C)C)c1)NCCCn1c(C)nc2ccccc21.I. The standard InChI is InChI=1S/C25H35N5O2.HI/c1-5-26-25(28-17-24(31)20-10-8-11-21(16-20)32-18(2)3)27-14-9-15-30-19(4)29-22-12-6-7-13-23(22)30;/h6-8,10-13,16,18,24,31H,5,9,14-15,17H2,1-4H3,(H2,26,27,28);1H. The van der Waals surface area contributed by atoms with Crippen molar-refractivity contribution < 1.29 is 9.84 Å². The first-order chi connectivity index (χ1) is 15.5. The summed E-state index contributed by atoms with van der Waals surface area (Å²) in [6.45, 7) is 10.7. The number of aliphatic imine (C=N–C) groups is 1. The third kappa shape index (κ3) is 7.89. The van der Waals surface area contributed by atoms with Crippen LogP contribution in [0.4, 0.5) is 0 Å². The zero-order valence-electron chi connectivity index (χ0n) is 19.9. The van der Waals surface area contributed by atoms with Gasteiger partial charge in [-0.3, -0.25) is 4.99 Å². The molecule has 180 valence electrons. The molecule has 0 aliphatic heterocycles. The molecular weight excluding hydrogens is 529 g/mol. The van der Waals surface area contributed by atoms with E-state index in [9.17, 15) is 5.11 Å². The number of para-hydroxylation sites is 2. The maximum Gasteiger partial charge on any atom is 0.191 e. The van der Waals surface area contributed by atoms with Crippen LogP contribution in [0, 0.1) is 6.92 Å². The number of benzene rings is 2. The monoisotopic (exact) mass is 565 g/mol. The molecule has 33 heavy (non-hydrogen) atoms. The first kappa shape index (κ1) is 26.9. The van der Waals surface area contributed by atoms with Crippen LogP contribution < -0.4 is 15.4 Å². The molecule has 0 aliphatic carbocycles. The second kappa shape index (κ2) is 13.4. The molecule has 8 heteroatoms. The summed E-state index contributed by atoms with van der Waals surface area (Å²) in [7, 11) is 0. The Morgan fingerprint density at radius 3 is 2.70 bits per heavy atom. The Morgan fingerprint density at radius 2 is 1.94 bits per heavy atom. The smallest absolute Gasteiger partial charge is 0.191 e. The molecule has 2 aromatic carbocycles. The number of aliphatic hydroxyl groups excluding tert-OH is 1. The van der Waals surface area contributed by atoms with Gasteiger partial charge in [0.1, 0.15) is 11.6 Å². The zero-order valence-corrected chi connectivity index (χ0v) is 22.2. The van der Waals surface area contributed by atoms with Gasteiger partial charge in [-0.25, -0.2) is 4.98 Å². The number of nitrogens with zero attached hydrogens (tertiary/aromatic N) is 3. The van der Waals surface area contributed by atoms with Crippen molar-refractivity contribution >= 4 is 41.0 Å². The van der Waals surface area contributed by atoms with Gasteiger partial charge in [0.2, 0.25) is 0 Å². The zero-order chi connectivity index (χ0) is 22.9. The predicted molar refractivity (Wildman–Crippen MR) is 146 cm³/mol. The minimum Gasteiger partial charge on any atom is -0.491 e. The highest BCUT2D eigenvalue weighted by atomic mass is 127. The van der Waals surface area contributed by atoms with Gasteiger partial charge in [0.15, 0.2) is 5.96 Å². The summed E-state index contributed by atoms with van der Waals surface area (Å²) < 4.78 is 7.97. The van der Waals surface area contributed by atoms with Crippen molar-refractivity contribution in [3.05, 3.63) is 59.9 Å². The fraction of sp³-hybridized carbons (Fsp3) is 0.440. The summed E-state index contributed by atoms with van der Waals surface area (Å²) in [5, 5.41) is 17.2. The van der Waals surface area contributed by atoms with Crippen LogP contribution in [-0.4, -0.2) is 46.4 Å². The lowest BCUT2D eigenvalue weighted by Gasteiger charge is -2.15. The van der Waals surface area contributed by atoms with E-state index in [0.717, 1.165) is 54.2 Å². The van der Waals surface area contributed by atoms with Crippen molar-refractivity contribution in [1.82, 2.24) is 20.2 Å². The molecular formula is C25H36IN5O2. The van der Waals surface area contributed by atoms with E-state index >= 15 is 0 Å². The van der Waals surface area contributed by atoms with Crippen LogP contribution in [-0.2, 0) is 6.54 Å². The van der Waals surface area contributed by atoms with Gasteiger partial charge >= 0.3 is 0 Å². The van der Waals surface area contributed by atoms with E-state index in [-0.39, 0.29) is 36.6 Å². The van der Waals surface area contributed by atoms with Gasteiger partial charge in [-0.2, -0.15) is 0 Å². The van der Waals surface area contributed by atoms with Crippen LogP contribution in [0.15, 0.2) is 53.5 Å². The van der Waals surface area contributed by atoms with E-state index in [1.165, 1.54) is 0 Å². The van der Waals surface area contributed by atoms with E-state index in [2.05, 4.69) is 31.2 Å². The molecule has 3 aromatic rings. The van der Waals surface area contributed by atoms with Crippen LogP contribution >= 0.6 is 24.0 Å². The lowest BCUT2D eigenvalue weighted by molar-refractivity contribution is 0.185. The topological polar surface area (TPSA) is 83.7 Å². The molecule has 0 aliphatic rings. The van der Waals surface area contributed by atoms with Gasteiger partial charge in [-0.05, 0) is 63.9 Å². The van der Waals surface area contributed by atoms with Crippen LogP contribution in [0.5, 0.6) is 5.75 Å². The number of guanidine groups is 1. The maximum atomic E-state index is 10.6. The summed E-state index contributed by atoms with van der Waals surface area (Å²) in [4.78, 5) is 9.19. The highest BCUT2D eigenvalue weighted by Gasteiger charge is 2.10. The molecule has 0 spiro atoms. The van der Waals surface area contributed by atoms with Gasteiger partial charge < -0.3 is 25.0 Å². The number of fused-ring (bicyclic) bond motifs is 1. The highest BCUT2D eigenvalue weighted by molar-refractivity contribution is 14.0. The quantitative estimate of drug-likeness (QED) is 0.147. The Bertz CT molecular complexity index is 1030. The second-order valence-corrected chi connectivity index (χ2v) is 8.05. The fourth-order valence-corrected chi connectivity index (χ4v) is 3.61. The normalized spacial score (nSPS) is 12.5. The molecule has 7 nitrogen and oxygen atoms in total. The van der Waals surface area contributed by atoms with Gasteiger partial charge in [0.05, 0.1) is 29.8 Å². The molecule has 1 unspecified atom stereocenters. The summed E-state index contributed by atoms with van der Waals surface area (Å²) >= 11 is 0. The number of hydrogen-bond acceptors (Lipinski definition) is 4. The van der Waals surface area contributed by atoms with Crippen LogP contribution in [0.3, 0.4) is 0 Å². The molecule has 1 atom stereocenters. The minimum atomic E-state index is -0.693. The maximum absolute atomic E-state index is 10.6. The van der Waals surface area contributed by atoms with Crippen molar-refractivity contribution in [1.29, 1.82) is 0 Å². The summed E-state index contributed by atoms with van der Waals surface area (Å²) in [5.41, 5.74) is 2.99. The largest absolute Gasteiger partial charge is 0.491 e. The molecule has 1 aromatic heterocycles. The molecule has 0 amide bonds. The molecule has 3 N–H and O–H groups in total. The number of imidazole rings is 1. The molecule has 1 heterocycles. The highest BCUT2D eigenvalue weighted by Crippen LogP contribution is 2.20. The van der Waals surface area contributed by atoms with E-state index < -0.39 is 6.10 Å². The molecule has 0 radical (unpaired) electrons. The van der Waals surface area contributed by atoms with Crippen LogP contribution in [0.25, 0.3) is 11.0 Å². The number of nitrogens with one attached hydrogen (secondary N) is 2. The van der Waals surface area contributed by atoms with Crippen LogP contribution in [0.1, 0.15) is 44.7 Å². The Kier molecular flexibility index (Phi) is 10.9. The van der Waals surface area contributed by atoms with Crippen molar-refractivity contribution in [2.24, 2.45) is 4.99 Å². The predicted octanol–water partition coefficient (Wildman–Crippen LogP) is 4.43. The number of aliphatic hydroxyl groups is 1.